The van der Waals surface area contributed by atoms with Gasteiger partial charge in [0.05, 0.1) is 11.7 Å². The maximum absolute atomic E-state index is 13.2. The summed E-state index contributed by atoms with van der Waals surface area (Å²) in [5, 5.41) is 7.53. The predicted molar refractivity (Wildman–Crippen MR) is 140 cm³/mol. The van der Waals surface area contributed by atoms with Crippen molar-refractivity contribution in [2.45, 2.75) is 20.0 Å². The van der Waals surface area contributed by atoms with Gasteiger partial charge >= 0.3 is 0 Å². The lowest BCUT2D eigenvalue weighted by atomic mass is 10.1. The first-order valence-corrected chi connectivity index (χ1v) is 13.7. The van der Waals surface area contributed by atoms with E-state index in [4.69, 9.17) is 0 Å². The zero-order chi connectivity index (χ0) is 22.8. The highest BCUT2D eigenvalue weighted by Crippen LogP contribution is 2.33. The van der Waals surface area contributed by atoms with E-state index in [-0.39, 0.29) is 18.0 Å². The number of benzene rings is 1. The van der Waals surface area contributed by atoms with Gasteiger partial charge in [-0.1, -0.05) is 18.2 Å². The first-order chi connectivity index (χ1) is 16.1. The molecule has 1 fully saturated rings. The van der Waals surface area contributed by atoms with Gasteiger partial charge in [0.25, 0.3) is 5.56 Å². The summed E-state index contributed by atoms with van der Waals surface area (Å²) in [5.41, 5.74) is 3.67. The Bertz CT molecular complexity index is 1340. The van der Waals surface area contributed by atoms with Crippen molar-refractivity contribution in [3.05, 3.63) is 68.9 Å². The average molecular weight is 497 g/mol. The molecule has 0 unspecified atom stereocenters. The minimum absolute atomic E-state index is 0.0749. The van der Waals surface area contributed by atoms with Gasteiger partial charge in [-0.05, 0) is 35.6 Å². The second-order valence-electron chi connectivity index (χ2n) is 8.07. The molecule has 4 aromatic rings. The molecular formula is C24H24N4O2S3. The minimum atomic E-state index is -0.235. The summed E-state index contributed by atoms with van der Waals surface area (Å²) in [6.45, 7) is 4.97. The molecule has 6 nitrogen and oxygen atoms in total. The van der Waals surface area contributed by atoms with Gasteiger partial charge in [0.1, 0.15) is 11.4 Å². The molecule has 1 N–H and O–H groups in total. The van der Waals surface area contributed by atoms with Gasteiger partial charge < -0.3 is 5.32 Å². The summed E-state index contributed by atoms with van der Waals surface area (Å²) in [6, 6.07) is 10.2. The highest BCUT2D eigenvalue weighted by Gasteiger charge is 2.16. The van der Waals surface area contributed by atoms with E-state index in [0.717, 1.165) is 41.3 Å². The normalized spacial score (nSPS) is 14.6. The van der Waals surface area contributed by atoms with Crippen LogP contribution in [0.2, 0.25) is 0 Å². The smallest absolute Gasteiger partial charge is 0.263 e. The predicted octanol–water partition coefficient (Wildman–Crippen LogP) is 4.68. The van der Waals surface area contributed by atoms with Gasteiger partial charge in [-0.3, -0.25) is 19.1 Å². The number of nitrogens with one attached hydrogen (secondary N) is 1. The van der Waals surface area contributed by atoms with Gasteiger partial charge in [-0.15, -0.1) is 22.7 Å². The number of hydrogen-bond donors (Lipinski definition) is 1. The van der Waals surface area contributed by atoms with Crippen LogP contribution in [0.5, 0.6) is 0 Å². The monoisotopic (exact) mass is 496 g/mol. The number of amides is 1. The Hall–Kier alpha value is -2.46. The van der Waals surface area contributed by atoms with Crippen LogP contribution in [0.1, 0.15) is 11.1 Å². The molecule has 0 spiro atoms. The summed E-state index contributed by atoms with van der Waals surface area (Å²) < 4.78 is 1.39. The summed E-state index contributed by atoms with van der Waals surface area (Å²) in [6.07, 6.45) is 1.47. The highest BCUT2D eigenvalue weighted by molar-refractivity contribution is 7.99. The molecule has 0 radical (unpaired) electrons. The molecule has 3 aromatic heterocycles. The van der Waals surface area contributed by atoms with E-state index >= 15 is 0 Å². The average Bonchev–Trinajstić information content (AvgIpc) is 3.49. The van der Waals surface area contributed by atoms with Crippen molar-refractivity contribution in [2.24, 2.45) is 0 Å². The van der Waals surface area contributed by atoms with Crippen LogP contribution >= 0.6 is 34.4 Å². The fraction of sp³-hybridized carbons (Fsp3) is 0.292. The van der Waals surface area contributed by atoms with Gasteiger partial charge in [-0.2, -0.15) is 11.8 Å². The van der Waals surface area contributed by atoms with Crippen LogP contribution in [0.25, 0.3) is 20.7 Å². The lowest BCUT2D eigenvalue weighted by Gasteiger charge is -2.26. The Morgan fingerprint density at radius 2 is 2.03 bits per heavy atom. The molecule has 170 valence electrons. The van der Waals surface area contributed by atoms with Gasteiger partial charge in [0.15, 0.2) is 0 Å². The number of aromatic nitrogens is 2. The van der Waals surface area contributed by atoms with E-state index in [1.165, 1.54) is 39.3 Å². The number of rotatable bonds is 6. The van der Waals surface area contributed by atoms with Crippen molar-refractivity contribution in [3.8, 4) is 10.4 Å². The van der Waals surface area contributed by atoms with Crippen molar-refractivity contribution in [1.82, 2.24) is 14.5 Å². The number of carbonyl (C=O) groups excluding carboxylic acids is 1. The number of fused-ring (bicyclic) bond motifs is 1. The SMILES string of the molecule is Cc1ccc(CN2CCSCC2)cc1NC(=O)Cn1cnc2scc(-c3cccs3)c2c1=O. The van der Waals surface area contributed by atoms with Gasteiger partial charge in [0, 0.05) is 52.6 Å². The molecule has 1 aliphatic rings. The molecule has 1 saturated heterocycles. The topological polar surface area (TPSA) is 67.2 Å². The Labute approximate surface area is 204 Å². The number of aryl methyl sites for hydroxylation is 1. The fourth-order valence-corrected chi connectivity index (χ4v) is 6.66. The molecule has 9 heteroatoms. The van der Waals surface area contributed by atoms with Crippen LogP contribution in [0.4, 0.5) is 5.69 Å². The maximum Gasteiger partial charge on any atom is 0.263 e. The number of thiophene rings is 2. The molecule has 0 atom stereocenters. The molecule has 4 heterocycles. The molecular weight excluding hydrogens is 472 g/mol. The van der Waals surface area contributed by atoms with E-state index < -0.39 is 0 Å². The quantitative estimate of drug-likeness (QED) is 0.420. The van der Waals surface area contributed by atoms with E-state index in [0.29, 0.717) is 10.2 Å². The zero-order valence-electron chi connectivity index (χ0n) is 18.2. The standard InChI is InChI=1S/C24H24N4O2S3/c1-16-4-5-17(12-27-6-9-31-10-7-27)11-19(16)26-21(29)13-28-15-25-23-22(24(28)30)18(14-33-23)20-3-2-8-32-20/h2-5,8,11,14-15H,6-7,9-10,12-13H2,1H3,(H,26,29). The van der Waals surface area contributed by atoms with Crippen LogP contribution in [-0.4, -0.2) is 45.0 Å². The van der Waals surface area contributed by atoms with Crippen molar-refractivity contribution >= 4 is 56.2 Å². The first kappa shape index (κ1) is 22.3. The molecule has 1 amide bonds. The highest BCUT2D eigenvalue weighted by atomic mass is 32.2. The third-order valence-electron chi connectivity index (χ3n) is 5.75. The molecule has 5 rings (SSSR count). The Morgan fingerprint density at radius 1 is 1.18 bits per heavy atom. The second-order valence-corrected chi connectivity index (χ2v) is 11.1. The van der Waals surface area contributed by atoms with Crippen LogP contribution < -0.4 is 10.9 Å². The van der Waals surface area contributed by atoms with Crippen LogP contribution in [0.15, 0.2) is 52.2 Å². The van der Waals surface area contributed by atoms with Crippen molar-refractivity contribution in [1.29, 1.82) is 0 Å². The minimum Gasteiger partial charge on any atom is -0.324 e. The third kappa shape index (κ3) is 4.91. The molecule has 0 bridgehead atoms. The summed E-state index contributed by atoms with van der Waals surface area (Å²) >= 11 is 5.03. The van der Waals surface area contributed by atoms with Crippen LogP contribution in [0.3, 0.4) is 0 Å². The largest absolute Gasteiger partial charge is 0.324 e. The van der Waals surface area contributed by atoms with Crippen molar-refractivity contribution < 1.29 is 4.79 Å². The van der Waals surface area contributed by atoms with Gasteiger partial charge in [0.2, 0.25) is 5.91 Å². The van der Waals surface area contributed by atoms with Crippen molar-refractivity contribution in [2.75, 3.05) is 29.9 Å². The number of thioether (sulfide) groups is 1. The third-order valence-corrected chi connectivity index (χ3v) is 8.48. The number of carbonyl (C=O) groups is 1. The molecule has 0 saturated carbocycles. The summed E-state index contributed by atoms with van der Waals surface area (Å²) in [4.78, 5) is 34.6. The molecule has 1 aliphatic heterocycles. The first-order valence-electron chi connectivity index (χ1n) is 10.8. The number of nitrogens with zero attached hydrogens (tertiary/aromatic N) is 3. The van der Waals surface area contributed by atoms with E-state index in [9.17, 15) is 9.59 Å². The second kappa shape index (κ2) is 9.80. The number of hydrogen-bond acceptors (Lipinski definition) is 7. The number of anilines is 1. The van der Waals surface area contributed by atoms with E-state index in [2.05, 4.69) is 21.3 Å². The van der Waals surface area contributed by atoms with Crippen LogP contribution in [-0.2, 0) is 17.9 Å². The van der Waals surface area contributed by atoms with E-state index in [1.54, 1.807) is 11.3 Å². The van der Waals surface area contributed by atoms with E-state index in [1.807, 2.05) is 53.7 Å². The Balaban J connectivity index is 1.34. The Morgan fingerprint density at radius 3 is 2.82 bits per heavy atom. The zero-order valence-corrected chi connectivity index (χ0v) is 20.7. The lowest BCUT2D eigenvalue weighted by Crippen LogP contribution is -2.32. The summed E-state index contributed by atoms with van der Waals surface area (Å²) in [7, 11) is 0. The molecule has 1 aromatic carbocycles. The van der Waals surface area contributed by atoms with Crippen molar-refractivity contribution in [3.63, 3.8) is 0 Å². The molecule has 33 heavy (non-hydrogen) atoms. The molecule has 0 aliphatic carbocycles. The van der Waals surface area contributed by atoms with Gasteiger partial charge in [-0.25, -0.2) is 4.98 Å². The van der Waals surface area contributed by atoms with Crippen LogP contribution in [0, 0.1) is 6.92 Å². The summed E-state index contributed by atoms with van der Waals surface area (Å²) in [5.74, 6) is 2.10. The maximum atomic E-state index is 13.2. The lowest BCUT2D eigenvalue weighted by molar-refractivity contribution is -0.116. The Kier molecular flexibility index (Phi) is 6.64. The fourth-order valence-electron chi connectivity index (χ4n) is 3.96.